The molecular formula is C22H20N4O3. The van der Waals surface area contributed by atoms with Crippen LogP contribution in [0.15, 0.2) is 60.7 Å². The molecular weight excluding hydrogens is 368 g/mol. The van der Waals surface area contributed by atoms with E-state index in [1.807, 2.05) is 42.5 Å². The van der Waals surface area contributed by atoms with Gasteiger partial charge in [0.05, 0.1) is 25.2 Å². The van der Waals surface area contributed by atoms with E-state index in [4.69, 9.17) is 14.7 Å². The van der Waals surface area contributed by atoms with Gasteiger partial charge in [0, 0.05) is 18.2 Å². The first-order chi connectivity index (χ1) is 14.2. The molecule has 0 spiro atoms. The Bertz CT molecular complexity index is 1020. The van der Waals surface area contributed by atoms with Crippen LogP contribution in [0.2, 0.25) is 0 Å². The van der Waals surface area contributed by atoms with Crippen LogP contribution in [0.3, 0.4) is 0 Å². The molecule has 1 aromatic heterocycles. The van der Waals surface area contributed by atoms with Gasteiger partial charge in [0.15, 0.2) is 0 Å². The highest BCUT2D eigenvalue weighted by Crippen LogP contribution is 2.21. The fraction of sp³-hybridized carbons (Fsp3) is 0.182. The van der Waals surface area contributed by atoms with Crippen LogP contribution in [0.25, 0.3) is 0 Å². The second-order valence-corrected chi connectivity index (χ2v) is 6.12. The molecule has 1 N–H and O–H groups in total. The molecule has 0 aliphatic heterocycles. The van der Waals surface area contributed by atoms with Crippen LogP contribution in [0.5, 0.6) is 5.88 Å². The molecule has 146 valence electrons. The van der Waals surface area contributed by atoms with Gasteiger partial charge >= 0.3 is 5.97 Å². The lowest BCUT2D eigenvalue weighted by Gasteiger charge is -2.11. The van der Waals surface area contributed by atoms with E-state index in [9.17, 15) is 4.79 Å². The topological polar surface area (TPSA) is 97.1 Å². The molecule has 7 nitrogen and oxygen atoms in total. The molecule has 0 bridgehead atoms. The summed E-state index contributed by atoms with van der Waals surface area (Å²) in [6.07, 6.45) is 0.801. The van der Waals surface area contributed by atoms with Gasteiger partial charge in [-0.3, -0.25) is 0 Å². The third-order valence-electron chi connectivity index (χ3n) is 3.97. The SMILES string of the molecule is COC(=O)c1cccc(Nc2cc(OCCC#N)nc(Cc3ccccc3)n2)c1. The van der Waals surface area contributed by atoms with Crippen LogP contribution in [-0.4, -0.2) is 29.7 Å². The fourth-order valence-corrected chi connectivity index (χ4v) is 2.66. The lowest BCUT2D eigenvalue weighted by atomic mass is 10.1. The largest absolute Gasteiger partial charge is 0.476 e. The molecule has 0 saturated carbocycles. The van der Waals surface area contributed by atoms with E-state index in [0.29, 0.717) is 35.2 Å². The Morgan fingerprint density at radius 1 is 1.10 bits per heavy atom. The van der Waals surface area contributed by atoms with Crippen molar-refractivity contribution in [1.29, 1.82) is 5.26 Å². The van der Waals surface area contributed by atoms with E-state index in [1.165, 1.54) is 7.11 Å². The first-order valence-electron chi connectivity index (χ1n) is 9.05. The number of rotatable bonds is 8. The molecule has 29 heavy (non-hydrogen) atoms. The number of benzene rings is 2. The van der Waals surface area contributed by atoms with Gasteiger partial charge in [-0.2, -0.15) is 10.2 Å². The van der Waals surface area contributed by atoms with Crippen molar-refractivity contribution in [2.75, 3.05) is 19.0 Å². The Balaban J connectivity index is 1.86. The molecule has 0 aliphatic rings. The van der Waals surface area contributed by atoms with Crippen molar-refractivity contribution in [2.24, 2.45) is 0 Å². The second kappa shape index (κ2) is 9.85. The normalized spacial score (nSPS) is 10.1. The number of carbonyl (C=O) groups is 1. The van der Waals surface area contributed by atoms with Crippen molar-refractivity contribution in [1.82, 2.24) is 9.97 Å². The molecule has 0 amide bonds. The van der Waals surface area contributed by atoms with Crippen molar-refractivity contribution >= 4 is 17.5 Å². The molecule has 3 rings (SSSR count). The summed E-state index contributed by atoms with van der Waals surface area (Å²) in [6.45, 7) is 0.246. The van der Waals surface area contributed by atoms with Crippen LogP contribution in [-0.2, 0) is 11.2 Å². The highest BCUT2D eigenvalue weighted by Gasteiger charge is 2.10. The minimum Gasteiger partial charge on any atom is -0.476 e. The highest BCUT2D eigenvalue weighted by molar-refractivity contribution is 5.90. The number of hydrogen-bond acceptors (Lipinski definition) is 7. The standard InChI is InChI=1S/C22H20N4O3/c1-28-22(27)17-9-5-10-18(14-17)24-20-15-21(29-12-6-11-23)26-19(25-20)13-16-7-3-2-4-8-16/h2-5,7-10,14-15H,6,12-13H2,1H3,(H,24,25,26). The summed E-state index contributed by atoms with van der Waals surface area (Å²) in [4.78, 5) is 20.8. The molecule has 1 heterocycles. The van der Waals surface area contributed by atoms with Crippen LogP contribution in [0.4, 0.5) is 11.5 Å². The van der Waals surface area contributed by atoms with Crippen LogP contribution in [0, 0.1) is 11.3 Å². The summed E-state index contributed by atoms with van der Waals surface area (Å²) in [7, 11) is 1.34. The van der Waals surface area contributed by atoms with Gasteiger partial charge in [-0.15, -0.1) is 0 Å². The zero-order valence-corrected chi connectivity index (χ0v) is 16.0. The number of nitrogens with zero attached hydrogens (tertiary/aromatic N) is 3. The Labute approximate surface area is 169 Å². The molecule has 2 aromatic carbocycles. The lowest BCUT2D eigenvalue weighted by molar-refractivity contribution is 0.0601. The minimum atomic E-state index is -0.415. The minimum absolute atomic E-state index is 0.246. The van der Waals surface area contributed by atoms with Gasteiger partial charge in [-0.1, -0.05) is 36.4 Å². The Morgan fingerprint density at radius 3 is 2.69 bits per heavy atom. The van der Waals surface area contributed by atoms with E-state index in [-0.39, 0.29) is 13.0 Å². The van der Waals surface area contributed by atoms with E-state index >= 15 is 0 Å². The van der Waals surface area contributed by atoms with Crippen LogP contribution >= 0.6 is 0 Å². The van der Waals surface area contributed by atoms with Gasteiger partial charge < -0.3 is 14.8 Å². The van der Waals surface area contributed by atoms with Gasteiger partial charge in [0.1, 0.15) is 18.2 Å². The quantitative estimate of drug-likeness (QED) is 0.462. The third-order valence-corrected chi connectivity index (χ3v) is 3.97. The van der Waals surface area contributed by atoms with Gasteiger partial charge in [-0.05, 0) is 23.8 Å². The third kappa shape index (κ3) is 5.78. The van der Waals surface area contributed by atoms with Gasteiger partial charge in [-0.25, -0.2) is 9.78 Å². The average Bonchev–Trinajstić information content (AvgIpc) is 2.74. The number of nitrogens with one attached hydrogen (secondary N) is 1. The van der Waals surface area contributed by atoms with E-state index in [2.05, 4.69) is 15.3 Å². The maximum Gasteiger partial charge on any atom is 0.337 e. The number of hydrogen-bond donors (Lipinski definition) is 1. The smallest absolute Gasteiger partial charge is 0.337 e. The lowest BCUT2D eigenvalue weighted by Crippen LogP contribution is -2.06. The molecule has 0 radical (unpaired) electrons. The predicted octanol–water partition coefficient (Wildman–Crippen LogP) is 3.89. The van der Waals surface area contributed by atoms with Crippen LogP contribution < -0.4 is 10.1 Å². The summed E-state index contributed by atoms with van der Waals surface area (Å²) in [6, 6.07) is 20.5. The number of anilines is 2. The van der Waals surface area contributed by atoms with Crippen molar-refractivity contribution < 1.29 is 14.3 Å². The predicted molar refractivity (Wildman–Crippen MR) is 108 cm³/mol. The maximum absolute atomic E-state index is 11.8. The summed E-state index contributed by atoms with van der Waals surface area (Å²) >= 11 is 0. The molecule has 0 saturated heterocycles. The molecule has 7 heteroatoms. The molecule has 0 atom stereocenters. The number of carbonyl (C=O) groups excluding carboxylic acids is 1. The maximum atomic E-state index is 11.8. The zero-order valence-electron chi connectivity index (χ0n) is 16.0. The number of ether oxygens (including phenoxy) is 2. The van der Waals surface area contributed by atoms with Gasteiger partial charge in [0.25, 0.3) is 0 Å². The summed E-state index contributed by atoms with van der Waals surface area (Å²) < 4.78 is 10.4. The Morgan fingerprint density at radius 2 is 1.93 bits per heavy atom. The number of esters is 1. The summed E-state index contributed by atoms with van der Waals surface area (Å²) in [5.74, 6) is 1.08. The van der Waals surface area contributed by atoms with E-state index in [1.54, 1.807) is 24.3 Å². The zero-order chi connectivity index (χ0) is 20.5. The van der Waals surface area contributed by atoms with E-state index in [0.717, 1.165) is 5.56 Å². The van der Waals surface area contributed by atoms with Crippen LogP contribution in [0.1, 0.15) is 28.2 Å². The van der Waals surface area contributed by atoms with E-state index < -0.39 is 5.97 Å². The first-order valence-corrected chi connectivity index (χ1v) is 9.05. The second-order valence-electron chi connectivity index (χ2n) is 6.12. The molecule has 0 aliphatic carbocycles. The Kier molecular flexibility index (Phi) is 6.74. The first kappa shape index (κ1) is 19.8. The van der Waals surface area contributed by atoms with Gasteiger partial charge in [0.2, 0.25) is 5.88 Å². The summed E-state index contributed by atoms with van der Waals surface area (Å²) in [5.41, 5.74) is 2.18. The average molecular weight is 388 g/mol. The molecule has 0 fully saturated rings. The number of methoxy groups -OCH3 is 1. The highest BCUT2D eigenvalue weighted by atomic mass is 16.5. The summed E-state index contributed by atoms with van der Waals surface area (Å²) in [5, 5.41) is 11.9. The van der Waals surface area contributed by atoms with Crippen molar-refractivity contribution in [3.05, 3.63) is 77.6 Å². The molecule has 3 aromatic rings. The molecule has 0 unspecified atom stereocenters. The number of nitriles is 1. The van der Waals surface area contributed by atoms with Crippen molar-refractivity contribution in [3.8, 4) is 11.9 Å². The van der Waals surface area contributed by atoms with Crippen molar-refractivity contribution in [3.63, 3.8) is 0 Å². The monoisotopic (exact) mass is 388 g/mol. The fourth-order valence-electron chi connectivity index (χ4n) is 2.66. The number of aromatic nitrogens is 2. The van der Waals surface area contributed by atoms with Crippen molar-refractivity contribution in [2.45, 2.75) is 12.8 Å². The Hall–Kier alpha value is -3.92.